The molecule has 1 saturated heterocycles. The zero-order valence-electron chi connectivity index (χ0n) is 22.3. The van der Waals surface area contributed by atoms with Gasteiger partial charge in [0, 0.05) is 25.0 Å². The number of carbonyl (C=O) groups is 1. The van der Waals surface area contributed by atoms with Crippen LogP contribution in [0.4, 0.5) is 5.69 Å². The van der Waals surface area contributed by atoms with Gasteiger partial charge in [-0.3, -0.25) is 0 Å². The Balaban J connectivity index is 1.43. The zero-order chi connectivity index (χ0) is 27.0. The van der Waals surface area contributed by atoms with Gasteiger partial charge in [-0.2, -0.15) is 12.3 Å². The summed E-state index contributed by atoms with van der Waals surface area (Å²) in [6.45, 7) is 2.17. The Labute approximate surface area is 227 Å². The van der Waals surface area contributed by atoms with Gasteiger partial charge in [0.2, 0.25) is 6.04 Å². The number of unbranched alkanes of at least 4 members (excludes halogenated alkanes) is 4. The first-order valence-corrected chi connectivity index (χ1v) is 15.3. The first-order valence-electron chi connectivity index (χ1n) is 13.9. The maximum atomic E-state index is 14.2. The highest BCUT2D eigenvalue weighted by molar-refractivity contribution is 7.91. The molecule has 0 amide bonds. The molecule has 0 aromatic heterocycles. The molecular weight excluding hydrogens is 494 g/mol. The Kier molecular flexibility index (Phi) is 9.40. The lowest BCUT2D eigenvalue weighted by Crippen LogP contribution is -2.66. The SMILES string of the molecule is Cc1ccc(S(=O)(=O)[N+]2(c3ccccc3)CCC(CCCCCCCc3ccccc3)CC2C(=O)O)cc1. The predicted octanol–water partition coefficient (Wildman–Crippen LogP) is 7.14. The Hall–Kier alpha value is -2.96. The average Bonchev–Trinajstić information content (AvgIpc) is 2.93. The van der Waals surface area contributed by atoms with Crippen LogP contribution in [0.5, 0.6) is 0 Å². The maximum absolute atomic E-state index is 14.2. The number of nitrogens with zero attached hydrogens (tertiary/aromatic N) is 1. The molecule has 0 spiro atoms. The van der Waals surface area contributed by atoms with Gasteiger partial charge in [-0.25, -0.2) is 4.79 Å². The van der Waals surface area contributed by atoms with Crippen LogP contribution in [0, 0.1) is 12.8 Å². The minimum absolute atomic E-state index is 0.173. The van der Waals surface area contributed by atoms with Crippen molar-refractivity contribution in [3.63, 3.8) is 0 Å². The summed E-state index contributed by atoms with van der Waals surface area (Å²) in [6, 6.07) is 25.2. The number of benzene rings is 3. The lowest BCUT2D eigenvalue weighted by atomic mass is 9.86. The van der Waals surface area contributed by atoms with Gasteiger partial charge in [-0.15, -0.1) is 0 Å². The Morgan fingerprint density at radius 2 is 1.45 bits per heavy atom. The number of aryl methyl sites for hydroxylation is 2. The molecule has 1 heterocycles. The molecule has 202 valence electrons. The van der Waals surface area contributed by atoms with Crippen LogP contribution in [0.3, 0.4) is 0 Å². The molecule has 0 aliphatic carbocycles. The second kappa shape index (κ2) is 12.7. The van der Waals surface area contributed by atoms with Gasteiger partial charge >= 0.3 is 16.0 Å². The lowest BCUT2D eigenvalue weighted by molar-refractivity contribution is -0.142. The van der Waals surface area contributed by atoms with Crippen LogP contribution < -0.4 is 3.89 Å². The van der Waals surface area contributed by atoms with Crippen molar-refractivity contribution in [1.82, 2.24) is 3.89 Å². The van der Waals surface area contributed by atoms with Gasteiger partial charge in [0.25, 0.3) is 0 Å². The molecule has 1 fully saturated rings. The number of rotatable bonds is 12. The molecule has 3 atom stereocenters. The fraction of sp³-hybridized carbons (Fsp3) is 0.406. The van der Waals surface area contributed by atoms with Crippen molar-refractivity contribution in [3.8, 4) is 0 Å². The van der Waals surface area contributed by atoms with E-state index < -0.39 is 25.9 Å². The third-order valence-corrected chi connectivity index (χ3v) is 10.4. The molecule has 1 aliphatic rings. The molecule has 3 aromatic rings. The summed E-state index contributed by atoms with van der Waals surface area (Å²) in [7, 11) is -4.01. The van der Waals surface area contributed by atoms with Crippen LogP contribution in [-0.2, 0) is 21.2 Å². The lowest BCUT2D eigenvalue weighted by Gasteiger charge is -2.45. The number of quaternary nitrogens is 1. The van der Waals surface area contributed by atoms with E-state index in [0.717, 1.165) is 31.2 Å². The minimum atomic E-state index is -4.01. The summed E-state index contributed by atoms with van der Waals surface area (Å²) in [5.41, 5.74) is 2.87. The summed E-state index contributed by atoms with van der Waals surface area (Å²) < 4.78 is 27.9. The number of hydrogen-bond acceptors (Lipinski definition) is 3. The van der Waals surface area contributed by atoms with Crippen molar-refractivity contribution < 1.29 is 18.3 Å². The Bertz CT molecular complexity index is 1280. The molecule has 3 unspecified atom stereocenters. The largest absolute Gasteiger partial charge is 0.477 e. The summed E-state index contributed by atoms with van der Waals surface area (Å²) in [5.74, 6) is -0.834. The van der Waals surface area contributed by atoms with E-state index in [2.05, 4.69) is 24.3 Å². The van der Waals surface area contributed by atoms with Crippen molar-refractivity contribution in [3.05, 3.63) is 96.1 Å². The summed E-state index contributed by atoms with van der Waals surface area (Å²) >= 11 is 0. The summed E-state index contributed by atoms with van der Waals surface area (Å²) in [5, 5.41) is 10.4. The molecule has 1 N–H and O–H groups in total. The number of aliphatic carboxylic acids is 1. The maximum Gasteiger partial charge on any atom is 0.364 e. The van der Waals surface area contributed by atoms with Crippen molar-refractivity contribution in [2.24, 2.45) is 5.92 Å². The number of carboxylic acids is 1. The molecule has 38 heavy (non-hydrogen) atoms. The van der Waals surface area contributed by atoms with Crippen LogP contribution in [0.2, 0.25) is 0 Å². The number of carboxylic acid groups (broad SMARTS) is 1. The number of para-hydroxylation sites is 1. The highest BCUT2D eigenvalue weighted by Crippen LogP contribution is 2.43. The third-order valence-electron chi connectivity index (χ3n) is 8.08. The molecule has 5 nitrogen and oxygen atoms in total. The number of piperidine rings is 1. The molecule has 1 aliphatic heterocycles. The topological polar surface area (TPSA) is 71.4 Å². The minimum Gasteiger partial charge on any atom is -0.477 e. The Morgan fingerprint density at radius 1 is 0.842 bits per heavy atom. The monoisotopic (exact) mass is 534 g/mol. The van der Waals surface area contributed by atoms with Crippen LogP contribution in [-0.4, -0.2) is 32.1 Å². The van der Waals surface area contributed by atoms with E-state index in [1.165, 1.54) is 24.8 Å². The molecule has 0 bridgehead atoms. The number of hydrogen-bond donors (Lipinski definition) is 1. The standard InChI is InChI=1S/C32H39NO4S/c1-26-19-21-30(22-20-26)38(36,37)33(29-17-11-6-12-18-29)24-23-28(25-31(33)32(34)35)16-8-4-2-3-7-13-27-14-9-5-10-15-27/h5-6,9-12,14-15,17-22,28,31H,2-4,7-8,13,16,23-25H2,1H3/p+1. The van der Waals surface area contributed by atoms with Gasteiger partial charge in [-0.1, -0.05) is 91.9 Å². The molecular formula is C32H40NO4S+. The second-order valence-corrected chi connectivity index (χ2v) is 12.8. The van der Waals surface area contributed by atoms with Crippen molar-refractivity contribution in [2.45, 2.75) is 75.6 Å². The quantitative estimate of drug-likeness (QED) is 0.198. The van der Waals surface area contributed by atoms with Crippen molar-refractivity contribution >= 4 is 21.7 Å². The van der Waals surface area contributed by atoms with Gasteiger partial charge in [0.1, 0.15) is 10.6 Å². The molecule has 0 saturated carbocycles. The van der Waals surface area contributed by atoms with Gasteiger partial charge in [0.05, 0.1) is 6.54 Å². The van der Waals surface area contributed by atoms with Gasteiger partial charge < -0.3 is 5.11 Å². The van der Waals surface area contributed by atoms with E-state index in [9.17, 15) is 18.3 Å². The van der Waals surface area contributed by atoms with E-state index in [1.807, 2.05) is 19.1 Å². The Morgan fingerprint density at radius 3 is 2.11 bits per heavy atom. The normalized spacial score (nSPS) is 21.7. The fourth-order valence-electron chi connectivity index (χ4n) is 5.93. The number of sulfonamides is 1. The van der Waals surface area contributed by atoms with Gasteiger partial charge in [0.15, 0.2) is 0 Å². The van der Waals surface area contributed by atoms with Crippen LogP contribution >= 0.6 is 0 Å². The van der Waals surface area contributed by atoms with Crippen LogP contribution in [0.15, 0.2) is 89.8 Å². The second-order valence-electron chi connectivity index (χ2n) is 10.7. The van der Waals surface area contributed by atoms with Gasteiger partial charge in [-0.05, 0) is 49.8 Å². The zero-order valence-corrected chi connectivity index (χ0v) is 23.2. The molecule has 0 radical (unpaired) electrons. The summed E-state index contributed by atoms with van der Waals surface area (Å²) in [4.78, 5) is 12.9. The highest BCUT2D eigenvalue weighted by Gasteiger charge is 2.57. The smallest absolute Gasteiger partial charge is 0.364 e. The molecule has 6 heteroatoms. The van der Waals surface area contributed by atoms with E-state index >= 15 is 0 Å². The van der Waals surface area contributed by atoms with E-state index in [4.69, 9.17) is 0 Å². The molecule has 4 rings (SSSR count). The van der Waals surface area contributed by atoms with Crippen LogP contribution in [0.25, 0.3) is 0 Å². The average molecular weight is 535 g/mol. The van der Waals surface area contributed by atoms with Crippen molar-refractivity contribution in [1.29, 1.82) is 0 Å². The predicted molar refractivity (Wildman–Crippen MR) is 153 cm³/mol. The highest BCUT2D eigenvalue weighted by atomic mass is 32.2. The first-order chi connectivity index (χ1) is 18.3. The fourth-order valence-corrected chi connectivity index (χ4v) is 8.04. The first kappa shape index (κ1) is 28.1. The summed E-state index contributed by atoms with van der Waals surface area (Å²) in [6.07, 6.45) is 8.85. The molecule has 3 aromatic carbocycles. The van der Waals surface area contributed by atoms with Crippen molar-refractivity contribution in [2.75, 3.05) is 6.54 Å². The third kappa shape index (κ3) is 6.19. The van der Waals surface area contributed by atoms with E-state index in [-0.39, 0.29) is 17.4 Å². The van der Waals surface area contributed by atoms with E-state index in [1.54, 1.807) is 48.5 Å². The van der Waals surface area contributed by atoms with Crippen LogP contribution in [0.1, 0.15) is 62.5 Å². The van der Waals surface area contributed by atoms with E-state index in [0.29, 0.717) is 18.5 Å².